The van der Waals surface area contributed by atoms with Gasteiger partial charge in [-0.25, -0.2) is 0 Å². The van der Waals surface area contributed by atoms with Crippen LogP contribution in [-0.4, -0.2) is 22.2 Å². The van der Waals surface area contributed by atoms with Gasteiger partial charge in [0.25, 0.3) is 0 Å². The van der Waals surface area contributed by atoms with Crippen molar-refractivity contribution in [3.05, 3.63) is 0 Å². The van der Waals surface area contributed by atoms with Crippen LogP contribution in [0.3, 0.4) is 0 Å². The van der Waals surface area contributed by atoms with Crippen LogP contribution >= 0.6 is 0 Å². The number of hydrogen-bond donors (Lipinski definition) is 2. The number of unbranched alkanes of at least 4 members (excludes halogenated alkanes) is 4. The fraction of sp³-hybridized carbons (Fsp3) is 0.833. The predicted molar refractivity (Wildman–Crippen MR) is 63.6 cm³/mol. The quantitative estimate of drug-likeness (QED) is 0.641. The summed E-state index contributed by atoms with van der Waals surface area (Å²) in [6, 6.07) is 0. The second kappa shape index (κ2) is 18.7. The van der Waals surface area contributed by atoms with Gasteiger partial charge in [0.1, 0.15) is 0 Å². The first-order chi connectivity index (χ1) is 7.54. The Hall–Kier alpha value is 0.317. The second-order valence-corrected chi connectivity index (χ2v) is 3.70. The van der Waals surface area contributed by atoms with E-state index in [0.29, 0.717) is 12.8 Å². The largest absolute Gasteiger partial charge is 0.481 e. The molecule has 0 unspecified atom stereocenters. The van der Waals surface area contributed by atoms with E-state index in [1.807, 2.05) is 0 Å². The van der Waals surface area contributed by atoms with Crippen LogP contribution < -0.4 is 0 Å². The van der Waals surface area contributed by atoms with Crippen LogP contribution in [0, 0.1) is 41.7 Å². The molecule has 0 radical (unpaired) electrons. The van der Waals surface area contributed by atoms with Gasteiger partial charge in [-0.05, 0) is 12.8 Å². The monoisotopic (exact) mass is 372 g/mol. The molecule has 0 aromatic heterocycles. The van der Waals surface area contributed by atoms with Crippen molar-refractivity contribution in [3.63, 3.8) is 0 Å². The maximum Gasteiger partial charge on any atom is 0.303 e. The van der Waals surface area contributed by atoms with Crippen molar-refractivity contribution < 1.29 is 61.5 Å². The van der Waals surface area contributed by atoms with E-state index in [2.05, 4.69) is 13.8 Å². The van der Waals surface area contributed by atoms with E-state index in [0.717, 1.165) is 38.5 Å². The molecular formula is C12H24CeO4. The van der Waals surface area contributed by atoms with Crippen LogP contribution in [0.4, 0.5) is 0 Å². The maximum atomic E-state index is 9.87. The Morgan fingerprint density at radius 2 is 1.06 bits per heavy atom. The smallest absolute Gasteiger partial charge is 0.303 e. The molecule has 0 heterocycles. The fourth-order valence-electron chi connectivity index (χ4n) is 1.05. The zero-order valence-corrected chi connectivity index (χ0v) is 14.0. The summed E-state index contributed by atoms with van der Waals surface area (Å²) in [5.74, 6) is -1.36. The van der Waals surface area contributed by atoms with E-state index in [1.54, 1.807) is 0 Å². The third-order valence-electron chi connectivity index (χ3n) is 1.99. The van der Waals surface area contributed by atoms with Crippen molar-refractivity contribution in [2.45, 2.75) is 65.2 Å². The van der Waals surface area contributed by atoms with Crippen molar-refractivity contribution in [2.75, 3.05) is 0 Å². The summed E-state index contributed by atoms with van der Waals surface area (Å²) in [4.78, 5) is 19.7. The molecule has 100 valence electrons. The Balaban J connectivity index is -0.000000218. The van der Waals surface area contributed by atoms with Gasteiger partial charge < -0.3 is 10.2 Å². The Bertz CT molecular complexity index is 163. The molecule has 0 amide bonds. The molecule has 0 aliphatic heterocycles. The van der Waals surface area contributed by atoms with E-state index >= 15 is 0 Å². The molecule has 0 aliphatic carbocycles. The molecule has 0 saturated heterocycles. The van der Waals surface area contributed by atoms with Gasteiger partial charge >= 0.3 is 11.9 Å². The standard InChI is InChI=1S/2C6H12O2.Ce/c2*1-2-3-4-5-6(7)8;/h2*2-5H2,1H3,(H,7,8);. The average molecular weight is 372 g/mol. The summed E-state index contributed by atoms with van der Waals surface area (Å²) in [5, 5.41) is 16.3. The normalized spacial score (nSPS) is 8.59. The molecule has 0 rings (SSSR count). The van der Waals surface area contributed by atoms with E-state index in [4.69, 9.17) is 10.2 Å². The predicted octanol–water partition coefficient (Wildman–Crippen LogP) is 3.30. The van der Waals surface area contributed by atoms with Gasteiger partial charge in [0, 0.05) is 54.6 Å². The summed E-state index contributed by atoms with van der Waals surface area (Å²) >= 11 is 0. The molecule has 5 heteroatoms. The van der Waals surface area contributed by atoms with Gasteiger partial charge in [0.2, 0.25) is 0 Å². The molecule has 0 aromatic carbocycles. The van der Waals surface area contributed by atoms with Crippen LogP contribution in [0.5, 0.6) is 0 Å². The number of carboxylic acid groups (broad SMARTS) is 2. The van der Waals surface area contributed by atoms with Crippen molar-refractivity contribution in [1.29, 1.82) is 0 Å². The maximum absolute atomic E-state index is 9.87. The molecule has 0 spiro atoms. The molecule has 0 saturated carbocycles. The molecule has 0 bridgehead atoms. The molecule has 0 fully saturated rings. The molecular weight excluding hydrogens is 348 g/mol. The first-order valence-electron chi connectivity index (χ1n) is 5.98. The van der Waals surface area contributed by atoms with Crippen LogP contribution in [-0.2, 0) is 9.59 Å². The third-order valence-corrected chi connectivity index (χ3v) is 1.99. The number of aliphatic carboxylic acids is 2. The van der Waals surface area contributed by atoms with Gasteiger partial charge in [-0.15, -0.1) is 0 Å². The minimum absolute atomic E-state index is 0. The van der Waals surface area contributed by atoms with Crippen molar-refractivity contribution >= 4 is 11.9 Å². The van der Waals surface area contributed by atoms with Gasteiger partial charge in [0.05, 0.1) is 0 Å². The van der Waals surface area contributed by atoms with Crippen LogP contribution in [0.15, 0.2) is 0 Å². The van der Waals surface area contributed by atoms with Crippen molar-refractivity contribution in [1.82, 2.24) is 0 Å². The molecule has 0 aliphatic rings. The SMILES string of the molecule is CCCCCC(=O)O.CCCCCC(=O)O.[Ce]. The van der Waals surface area contributed by atoms with Crippen molar-refractivity contribution in [2.24, 2.45) is 0 Å². The minimum Gasteiger partial charge on any atom is -0.481 e. The molecule has 0 atom stereocenters. The molecule has 4 nitrogen and oxygen atoms in total. The van der Waals surface area contributed by atoms with Crippen LogP contribution in [0.2, 0.25) is 0 Å². The zero-order chi connectivity index (χ0) is 12.8. The first kappa shape index (κ1) is 22.5. The first-order valence-corrected chi connectivity index (χ1v) is 5.98. The van der Waals surface area contributed by atoms with E-state index in [1.165, 1.54) is 0 Å². The van der Waals surface area contributed by atoms with E-state index in [9.17, 15) is 9.59 Å². The summed E-state index contributed by atoms with van der Waals surface area (Å²) < 4.78 is 0. The zero-order valence-electron chi connectivity index (χ0n) is 10.9. The average Bonchev–Trinajstić information content (AvgIpc) is 2.18. The van der Waals surface area contributed by atoms with Crippen molar-refractivity contribution in [3.8, 4) is 0 Å². The Morgan fingerprint density at radius 1 is 0.765 bits per heavy atom. The molecule has 0 aromatic rings. The summed E-state index contributed by atoms with van der Waals surface area (Å²) in [6.45, 7) is 4.11. The third kappa shape index (κ3) is 31.4. The summed E-state index contributed by atoms with van der Waals surface area (Å²) in [7, 11) is 0. The van der Waals surface area contributed by atoms with E-state index in [-0.39, 0.29) is 41.7 Å². The fourth-order valence-corrected chi connectivity index (χ4v) is 1.05. The number of rotatable bonds is 8. The summed E-state index contributed by atoms with van der Waals surface area (Å²) in [5.41, 5.74) is 0. The van der Waals surface area contributed by atoms with Gasteiger partial charge in [-0.2, -0.15) is 0 Å². The number of carbonyl (C=O) groups is 2. The van der Waals surface area contributed by atoms with E-state index < -0.39 is 11.9 Å². The van der Waals surface area contributed by atoms with Gasteiger partial charge in [-0.3, -0.25) is 9.59 Å². The number of hydrogen-bond acceptors (Lipinski definition) is 2. The Morgan fingerprint density at radius 3 is 1.24 bits per heavy atom. The van der Waals surface area contributed by atoms with Crippen LogP contribution in [0.25, 0.3) is 0 Å². The summed E-state index contributed by atoms with van der Waals surface area (Å²) in [6.07, 6.45) is 6.55. The second-order valence-electron chi connectivity index (χ2n) is 3.70. The minimum atomic E-state index is -0.682. The topological polar surface area (TPSA) is 74.6 Å². The Kier molecular flexibility index (Phi) is 24.7. The van der Waals surface area contributed by atoms with Gasteiger partial charge in [0.15, 0.2) is 0 Å². The van der Waals surface area contributed by atoms with Crippen LogP contribution in [0.1, 0.15) is 65.2 Å². The van der Waals surface area contributed by atoms with Gasteiger partial charge in [-0.1, -0.05) is 39.5 Å². The Labute approximate surface area is 138 Å². The number of carboxylic acids is 2. The molecule has 2 N–H and O–H groups in total. The molecule has 17 heavy (non-hydrogen) atoms.